The van der Waals surface area contributed by atoms with Gasteiger partial charge in [0.05, 0.1) is 22.0 Å². The summed E-state index contributed by atoms with van der Waals surface area (Å²) in [6.45, 7) is 5.29. The molecule has 0 aliphatic carbocycles. The van der Waals surface area contributed by atoms with Gasteiger partial charge in [-0.05, 0) is 49.7 Å². The van der Waals surface area contributed by atoms with Crippen molar-refractivity contribution in [3.63, 3.8) is 0 Å². The van der Waals surface area contributed by atoms with Crippen molar-refractivity contribution in [1.29, 1.82) is 0 Å². The van der Waals surface area contributed by atoms with Crippen LogP contribution in [0.5, 0.6) is 5.75 Å². The Balaban J connectivity index is 1.74. The lowest BCUT2D eigenvalue weighted by Gasteiger charge is -2.14. The number of rotatable bonds is 9. The highest BCUT2D eigenvalue weighted by atomic mass is 79.9. The van der Waals surface area contributed by atoms with Gasteiger partial charge in [0, 0.05) is 32.7 Å². The summed E-state index contributed by atoms with van der Waals surface area (Å²) in [5.41, 5.74) is 1.36. The van der Waals surface area contributed by atoms with Crippen molar-refractivity contribution in [3.8, 4) is 5.75 Å². The van der Waals surface area contributed by atoms with Gasteiger partial charge >= 0.3 is 5.69 Å². The summed E-state index contributed by atoms with van der Waals surface area (Å²) in [5.74, 6) is -0.426. The molecule has 0 fully saturated rings. The smallest absolute Gasteiger partial charge is 0.313 e. The molecule has 1 heterocycles. The number of nitrogens with one attached hydrogen (secondary N) is 1. The lowest BCUT2D eigenvalue weighted by atomic mass is 10.1. The summed E-state index contributed by atoms with van der Waals surface area (Å²) in [6.07, 6.45) is 1.93. The molecule has 12 heteroatoms. The van der Waals surface area contributed by atoms with Crippen LogP contribution in [0.4, 0.5) is 11.4 Å². The van der Waals surface area contributed by atoms with E-state index < -0.39 is 28.7 Å². The van der Waals surface area contributed by atoms with Crippen LogP contribution in [-0.2, 0) is 4.79 Å². The minimum atomic E-state index is -0.664. The molecule has 0 aliphatic heterocycles. The Morgan fingerprint density at radius 2 is 1.98 bits per heavy atom. The molecule has 0 aliphatic rings. The summed E-state index contributed by atoms with van der Waals surface area (Å²) in [6, 6.07) is 14.9. The molecular formula is C28H25BrClN5O5. The molecule has 4 aromatic rings. The standard InChI is InChI=1S/C28H25BrClN5O5/c1-4-17(3)27-33-23-10-7-19(29)12-22(23)28(37)34(27)31-14-18-11-20(30)13-24(35(38)39)26(18)40-15-25(36)32-21-8-5-16(2)6-9-21/h5-14,17H,4,15H2,1-3H3,(H,32,36)/t17-/m1/s1. The summed E-state index contributed by atoms with van der Waals surface area (Å²) in [7, 11) is 0. The highest BCUT2D eigenvalue weighted by Gasteiger charge is 2.22. The molecule has 0 unspecified atom stereocenters. The molecule has 1 atom stereocenters. The van der Waals surface area contributed by atoms with Crippen molar-refractivity contribution >= 4 is 61.9 Å². The third-order valence-corrected chi connectivity index (χ3v) is 6.85. The van der Waals surface area contributed by atoms with Crippen molar-refractivity contribution in [2.45, 2.75) is 33.1 Å². The number of benzene rings is 3. The average Bonchev–Trinajstić information content (AvgIpc) is 2.92. The van der Waals surface area contributed by atoms with Crippen LogP contribution in [0.25, 0.3) is 10.9 Å². The zero-order chi connectivity index (χ0) is 29.0. The molecule has 0 saturated heterocycles. The molecule has 1 N–H and O–H groups in total. The van der Waals surface area contributed by atoms with Crippen molar-refractivity contribution in [2.24, 2.45) is 5.10 Å². The SMILES string of the molecule is CC[C@@H](C)c1nc2ccc(Br)cc2c(=O)n1N=Cc1cc(Cl)cc([N+](=O)[O-])c1OCC(=O)Nc1ccc(C)cc1. The van der Waals surface area contributed by atoms with E-state index in [0.717, 1.165) is 11.6 Å². The Morgan fingerprint density at radius 1 is 1.25 bits per heavy atom. The van der Waals surface area contributed by atoms with E-state index in [4.69, 9.17) is 16.3 Å². The van der Waals surface area contributed by atoms with Crippen molar-refractivity contribution in [2.75, 3.05) is 11.9 Å². The van der Waals surface area contributed by atoms with Gasteiger partial charge in [0.1, 0.15) is 5.82 Å². The zero-order valence-electron chi connectivity index (χ0n) is 21.9. The number of fused-ring (bicyclic) bond motifs is 1. The molecule has 10 nitrogen and oxygen atoms in total. The Morgan fingerprint density at radius 3 is 2.65 bits per heavy atom. The van der Waals surface area contributed by atoms with E-state index in [0.29, 0.717) is 33.3 Å². The van der Waals surface area contributed by atoms with Crippen LogP contribution in [0.15, 0.2) is 69.0 Å². The third kappa shape index (κ3) is 6.54. The van der Waals surface area contributed by atoms with Crippen LogP contribution in [0, 0.1) is 17.0 Å². The van der Waals surface area contributed by atoms with Gasteiger partial charge in [-0.3, -0.25) is 19.7 Å². The van der Waals surface area contributed by atoms with Crippen molar-refractivity contribution in [1.82, 2.24) is 9.66 Å². The first-order valence-electron chi connectivity index (χ1n) is 12.3. The maximum atomic E-state index is 13.4. The molecule has 0 radical (unpaired) electrons. The number of nitrogens with zero attached hydrogens (tertiary/aromatic N) is 4. The molecule has 0 spiro atoms. The maximum Gasteiger partial charge on any atom is 0.313 e. The molecule has 206 valence electrons. The van der Waals surface area contributed by atoms with Crippen LogP contribution in [0.1, 0.15) is 43.1 Å². The molecule has 3 aromatic carbocycles. The van der Waals surface area contributed by atoms with Crippen LogP contribution in [-0.4, -0.2) is 33.3 Å². The summed E-state index contributed by atoms with van der Waals surface area (Å²) in [5, 5.41) is 19.3. The molecular weight excluding hydrogens is 602 g/mol. The number of anilines is 1. The van der Waals surface area contributed by atoms with Gasteiger partial charge in [0.15, 0.2) is 6.61 Å². The lowest BCUT2D eigenvalue weighted by molar-refractivity contribution is -0.385. The lowest BCUT2D eigenvalue weighted by Crippen LogP contribution is -2.24. The zero-order valence-corrected chi connectivity index (χ0v) is 24.2. The third-order valence-electron chi connectivity index (χ3n) is 6.14. The summed E-state index contributed by atoms with van der Waals surface area (Å²) >= 11 is 9.55. The Kier molecular flexibility index (Phi) is 8.96. The first-order chi connectivity index (χ1) is 19.1. The number of halogens is 2. The number of aromatic nitrogens is 2. The number of hydrogen-bond donors (Lipinski definition) is 1. The van der Waals surface area contributed by atoms with E-state index in [1.165, 1.54) is 17.0 Å². The van der Waals surface area contributed by atoms with Gasteiger partial charge in [-0.25, -0.2) is 4.98 Å². The van der Waals surface area contributed by atoms with Crippen LogP contribution < -0.4 is 15.6 Å². The van der Waals surface area contributed by atoms with Gasteiger partial charge in [0.2, 0.25) is 5.75 Å². The van der Waals surface area contributed by atoms with E-state index in [9.17, 15) is 19.7 Å². The summed E-state index contributed by atoms with van der Waals surface area (Å²) in [4.78, 5) is 41.8. The molecule has 0 bridgehead atoms. The minimum absolute atomic E-state index is 0.0553. The number of hydrogen-bond acceptors (Lipinski definition) is 7. The fourth-order valence-corrected chi connectivity index (χ4v) is 4.44. The molecule has 1 aromatic heterocycles. The van der Waals surface area contributed by atoms with E-state index in [2.05, 4.69) is 31.3 Å². The average molecular weight is 627 g/mol. The van der Waals surface area contributed by atoms with Gasteiger partial charge in [-0.15, -0.1) is 0 Å². The molecule has 40 heavy (non-hydrogen) atoms. The molecule has 0 saturated carbocycles. The van der Waals surface area contributed by atoms with E-state index in [1.807, 2.05) is 32.9 Å². The number of aryl methyl sites for hydroxylation is 1. The van der Waals surface area contributed by atoms with Gasteiger partial charge in [-0.1, -0.05) is 59.1 Å². The number of carbonyl (C=O) groups is 1. The molecule has 4 rings (SSSR count). The van der Waals surface area contributed by atoms with Crippen LogP contribution in [0.2, 0.25) is 5.02 Å². The predicted octanol–water partition coefficient (Wildman–Crippen LogP) is 6.44. The number of amides is 1. The molecule has 1 amide bonds. The fraction of sp³-hybridized carbons (Fsp3) is 0.214. The minimum Gasteiger partial charge on any atom is -0.476 e. The van der Waals surface area contributed by atoms with Crippen LogP contribution in [0.3, 0.4) is 0 Å². The van der Waals surface area contributed by atoms with Crippen LogP contribution >= 0.6 is 27.5 Å². The topological polar surface area (TPSA) is 129 Å². The quantitative estimate of drug-likeness (QED) is 0.129. The Labute approximate surface area is 242 Å². The first kappa shape index (κ1) is 28.9. The Bertz CT molecular complexity index is 1690. The van der Waals surface area contributed by atoms with E-state index in [-0.39, 0.29) is 22.3 Å². The first-order valence-corrected chi connectivity index (χ1v) is 13.5. The monoisotopic (exact) mass is 625 g/mol. The van der Waals surface area contributed by atoms with Gasteiger partial charge < -0.3 is 10.1 Å². The summed E-state index contributed by atoms with van der Waals surface area (Å²) < 4.78 is 7.51. The van der Waals surface area contributed by atoms with Crippen molar-refractivity contribution < 1.29 is 14.5 Å². The largest absolute Gasteiger partial charge is 0.476 e. The number of ether oxygens (including phenoxy) is 1. The fourth-order valence-electron chi connectivity index (χ4n) is 3.86. The highest BCUT2D eigenvalue weighted by Crippen LogP contribution is 2.34. The normalized spacial score (nSPS) is 12.0. The van der Waals surface area contributed by atoms with E-state index in [1.54, 1.807) is 30.3 Å². The number of nitro groups is 1. The second kappa shape index (κ2) is 12.4. The van der Waals surface area contributed by atoms with E-state index >= 15 is 0 Å². The van der Waals surface area contributed by atoms with Gasteiger partial charge in [0.25, 0.3) is 11.5 Å². The van der Waals surface area contributed by atoms with Crippen molar-refractivity contribution in [3.05, 3.63) is 102 Å². The maximum absolute atomic E-state index is 13.4. The Hall–Kier alpha value is -4.09. The number of nitro benzene ring substituents is 1. The van der Waals surface area contributed by atoms with Gasteiger partial charge in [-0.2, -0.15) is 9.78 Å². The number of carbonyl (C=O) groups excluding carboxylic acids is 1. The second-order valence-electron chi connectivity index (χ2n) is 9.11. The predicted molar refractivity (Wildman–Crippen MR) is 159 cm³/mol. The highest BCUT2D eigenvalue weighted by molar-refractivity contribution is 9.10. The second-order valence-corrected chi connectivity index (χ2v) is 10.5.